The Morgan fingerprint density at radius 2 is 1.93 bits per heavy atom. The minimum absolute atomic E-state index is 0.396. The summed E-state index contributed by atoms with van der Waals surface area (Å²) < 4.78 is 0. The molecule has 5 heteroatoms. The quantitative estimate of drug-likeness (QED) is 0.494. The van der Waals surface area contributed by atoms with Gasteiger partial charge in [-0.25, -0.2) is 4.99 Å². The fourth-order valence-electron chi connectivity index (χ4n) is 3.24. The maximum Gasteiger partial charge on any atom is 0.191 e. The summed E-state index contributed by atoms with van der Waals surface area (Å²) in [6.45, 7) is 13.7. The van der Waals surface area contributed by atoms with Crippen LogP contribution >= 0.6 is 0 Å². The van der Waals surface area contributed by atoms with Gasteiger partial charge < -0.3 is 15.5 Å². The minimum Gasteiger partial charge on any atom is -0.357 e. The van der Waals surface area contributed by atoms with Crippen LogP contribution in [0.3, 0.4) is 0 Å². The Hall–Kier alpha value is -2.14. The van der Waals surface area contributed by atoms with Crippen LogP contribution in [0, 0.1) is 0 Å². The monoisotopic (exact) mass is 369 g/mol. The molecule has 0 saturated heterocycles. The van der Waals surface area contributed by atoms with Crippen molar-refractivity contribution in [3.05, 3.63) is 42.1 Å². The van der Waals surface area contributed by atoms with Gasteiger partial charge in [0.15, 0.2) is 5.96 Å². The molecular formula is C22H35N5. The Balaban J connectivity index is 1.95. The summed E-state index contributed by atoms with van der Waals surface area (Å²) in [5.74, 6) is 0.883. The zero-order valence-corrected chi connectivity index (χ0v) is 17.3. The van der Waals surface area contributed by atoms with E-state index < -0.39 is 0 Å². The normalized spacial score (nSPS) is 13.1. The van der Waals surface area contributed by atoms with Crippen molar-refractivity contribution in [1.82, 2.24) is 20.5 Å². The van der Waals surface area contributed by atoms with E-state index in [1.165, 1.54) is 17.4 Å². The largest absolute Gasteiger partial charge is 0.357 e. The highest BCUT2D eigenvalue weighted by molar-refractivity contribution is 5.83. The molecule has 2 rings (SSSR count). The zero-order valence-electron chi connectivity index (χ0n) is 17.3. The molecule has 0 bridgehead atoms. The van der Waals surface area contributed by atoms with Crippen LogP contribution in [0.25, 0.3) is 10.9 Å². The molecule has 1 atom stereocenters. The molecule has 1 heterocycles. The summed E-state index contributed by atoms with van der Waals surface area (Å²) in [5, 5.41) is 8.09. The van der Waals surface area contributed by atoms with Gasteiger partial charge in [0.05, 0.1) is 12.1 Å². The highest BCUT2D eigenvalue weighted by Crippen LogP contribution is 2.16. The third kappa shape index (κ3) is 6.83. The van der Waals surface area contributed by atoms with Gasteiger partial charge in [0, 0.05) is 24.2 Å². The lowest BCUT2D eigenvalue weighted by atomic mass is 10.1. The van der Waals surface area contributed by atoms with E-state index in [0.29, 0.717) is 12.6 Å². The number of para-hydroxylation sites is 1. The van der Waals surface area contributed by atoms with E-state index in [0.717, 1.165) is 44.1 Å². The molecule has 27 heavy (non-hydrogen) atoms. The van der Waals surface area contributed by atoms with E-state index >= 15 is 0 Å². The minimum atomic E-state index is 0.396. The van der Waals surface area contributed by atoms with E-state index in [4.69, 9.17) is 4.99 Å². The van der Waals surface area contributed by atoms with Crippen molar-refractivity contribution in [2.45, 2.75) is 53.1 Å². The first-order valence-electron chi connectivity index (χ1n) is 10.3. The molecule has 0 aliphatic carbocycles. The molecule has 5 nitrogen and oxygen atoms in total. The van der Waals surface area contributed by atoms with Crippen molar-refractivity contribution in [1.29, 1.82) is 0 Å². The summed E-state index contributed by atoms with van der Waals surface area (Å²) in [6, 6.07) is 10.7. The first-order chi connectivity index (χ1) is 13.2. The molecular weight excluding hydrogens is 334 g/mol. The van der Waals surface area contributed by atoms with Crippen LogP contribution in [0.5, 0.6) is 0 Å². The van der Waals surface area contributed by atoms with Crippen molar-refractivity contribution in [2.75, 3.05) is 26.2 Å². The summed E-state index contributed by atoms with van der Waals surface area (Å²) in [5.41, 5.74) is 2.22. The van der Waals surface area contributed by atoms with Crippen LogP contribution in [-0.2, 0) is 6.54 Å². The number of aromatic nitrogens is 1. The van der Waals surface area contributed by atoms with Gasteiger partial charge in [-0.3, -0.25) is 4.98 Å². The second-order valence-corrected chi connectivity index (χ2v) is 6.90. The molecule has 1 aromatic heterocycles. The van der Waals surface area contributed by atoms with Gasteiger partial charge in [-0.05, 0) is 64.0 Å². The third-order valence-corrected chi connectivity index (χ3v) is 4.88. The van der Waals surface area contributed by atoms with Crippen LogP contribution in [0.15, 0.2) is 41.5 Å². The van der Waals surface area contributed by atoms with Crippen LogP contribution in [0.4, 0.5) is 0 Å². The van der Waals surface area contributed by atoms with Gasteiger partial charge in [0.1, 0.15) is 0 Å². The number of hydrogen-bond donors (Lipinski definition) is 2. The molecule has 0 saturated carbocycles. The molecule has 0 radical (unpaired) electrons. The number of hydrogen-bond acceptors (Lipinski definition) is 3. The first kappa shape index (κ1) is 21.2. The van der Waals surface area contributed by atoms with Gasteiger partial charge in [0.25, 0.3) is 0 Å². The number of guanidine groups is 1. The van der Waals surface area contributed by atoms with E-state index in [1.807, 2.05) is 18.3 Å². The standard InChI is InChI=1S/C22H35N5/c1-5-23-22(26-18(4)11-10-16-27(6-2)7-3)25-17-19-14-15-24-21-13-9-8-12-20(19)21/h8-9,12-15,18H,5-7,10-11,16-17H2,1-4H3,(H2,23,25,26). The van der Waals surface area contributed by atoms with Crippen LogP contribution in [-0.4, -0.2) is 48.1 Å². The van der Waals surface area contributed by atoms with Gasteiger partial charge in [-0.1, -0.05) is 32.0 Å². The van der Waals surface area contributed by atoms with E-state index in [1.54, 1.807) is 0 Å². The summed E-state index contributed by atoms with van der Waals surface area (Å²) >= 11 is 0. The smallest absolute Gasteiger partial charge is 0.191 e. The summed E-state index contributed by atoms with van der Waals surface area (Å²) in [6.07, 6.45) is 4.20. The molecule has 1 aromatic carbocycles. The molecule has 0 aliphatic heterocycles. The molecule has 0 aliphatic rings. The highest BCUT2D eigenvalue weighted by atomic mass is 15.2. The van der Waals surface area contributed by atoms with Gasteiger partial charge >= 0.3 is 0 Å². The van der Waals surface area contributed by atoms with Gasteiger partial charge in [-0.2, -0.15) is 0 Å². The second-order valence-electron chi connectivity index (χ2n) is 6.90. The fourth-order valence-corrected chi connectivity index (χ4v) is 3.24. The Kier molecular flexibility index (Phi) is 9.05. The molecule has 148 valence electrons. The van der Waals surface area contributed by atoms with Crippen LogP contribution < -0.4 is 10.6 Å². The molecule has 2 aromatic rings. The maximum atomic E-state index is 4.81. The second kappa shape index (κ2) is 11.5. The Labute approximate surface area is 164 Å². The number of aliphatic imine (C=N–C) groups is 1. The van der Waals surface area contributed by atoms with Crippen molar-refractivity contribution >= 4 is 16.9 Å². The number of nitrogens with zero attached hydrogens (tertiary/aromatic N) is 3. The Morgan fingerprint density at radius 3 is 2.67 bits per heavy atom. The van der Waals surface area contributed by atoms with Gasteiger partial charge in [0.2, 0.25) is 0 Å². The predicted octanol–water partition coefficient (Wildman–Crippen LogP) is 3.80. The average Bonchev–Trinajstić information content (AvgIpc) is 2.69. The SMILES string of the molecule is CCNC(=NCc1ccnc2ccccc12)NC(C)CCCN(CC)CC. The summed E-state index contributed by atoms with van der Waals surface area (Å²) in [7, 11) is 0. The molecule has 0 spiro atoms. The van der Waals surface area contributed by atoms with Crippen molar-refractivity contribution in [3.8, 4) is 0 Å². The highest BCUT2D eigenvalue weighted by Gasteiger charge is 2.07. The number of benzene rings is 1. The fraction of sp³-hybridized carbons (Fsp3) is 0.545. The lowest BCUT2D eigenvalue weighted by molar-refractivity contribution is 0.292. The van der Waals surface area contributed by atoms with Crippen molar-refractivity contribution in [2.24, 2.45) is 4.99 Å². The molecule has 0 amide bonds. The molecule has 0 fully saturated rings. The van der Waals surface area contributed by atoms with Gasteiger partial charge in [-0.15, -0.1) is 0 Å². The third-order valence-electron chi connectivity index (χ3n) is 4.88. The maximum absolute atomic E-state index is 4.81. The topological polar surface area (TPSA) is 52.6 Å². The lowest BCUT2D eigenvalue weighted by Crippen LogP contribution is -2.42. The van der Waals surface area contributed by atoms with E-state index in [9.17, 15) is 0 Å². The Bertz CT molecular complexity index is 703. The lowest BCUT2D eigenvalue weighted by Gasteiger charge is -2.21. The van der Waals surface area contributed by atoms with Crippen LogP contribution in [0.2, 0.25) is 0 Å². The predicted molar refractivity (Wildman–Crippen MR) is 116 cm³/mol. The number of fused-ring (bicyclic) bond motifs is 1. The average molecular weight is 370 g/mol. The van der Waals surface area contributed by atoms with Crippen LogP contribution in [0.1, 0.15) is 46.1 Å². The van der Waals surface area contributed by atoms with Crippen molar-refractivity contribution < 1.29 is 0 Å². The van der Waals surface area contributed by atoms with E-state index in [-0.39, 0.29) is 0 Å². The number of rotatable bonds is 10. The van der Waals surface area contributed by atoms with Crippen molar-refractivity contribution in [3.63, 3.8) is 0 Å². The Morgan fingerprint density at radius 1 is 1.15 bits per heavy atom. The van der Waals surface area contributed by atoms with E-state index in [2.05, 4.69) is 66.4 Å². The number of pyridine rings is 1. The number of nitrogens with one attached hydrogen (secondary N) is 2. The summed E-state index contributed by atoms with van der Waals surface area (Å²) in [4.78, 5) is 11.7. The molecule has 1 unspecified atom stereocenters. The zero-order chi connectivity index (χ0) is 19.5. The molecule has 2 N–H and O–H groups in total. The first-order valence-corrected chi connectivity index (χ1v) is 10.3.